The number of halogens is 1. The van der Waals surface area contributed by atoms with Gasteiger partial charge in [-0.2, -0.15) is 5.26 Å². The molecule has 0 aliphatic heterocycles. The molecule has 0 atom stereocenters. The predicted octanol–water partition coefficient (Wildman–Crippen LogP) is 5.63. The van der Waals surface area contributed by atoms with Gasteiger partial charge < -0.3 is 0 Å². The van der Waals surface area contributed by atoms with E-state index in [1.165, 1.54) is 0 Å². The molecule has 108 valence electrons. The standard InChI is InChI=1S/C18H24ClN/c1-17(2,3)15-8-10-18(13-20,11-9-15)12-14-6-4-5-7-16(14)19/h4-7,15H,8-12H2,1-3H3. The second-order valence-corrected chi connectivity index (χ2v) is 7.71. The molecule has 1 aliphatic carbocycles. The van der Waals surface area contributed by atoms with Gasteiger partial charge in [0.05, 0.1) is 11.5 Å². The number of hydrogen-bond acceptors (Lipinski definition) is 1. The van der Waals surface area contributed by atoms with Gasteiger partial charge in [-0.3, -0.25) is 0 Å². The molecule has 1 aliphatic rings. The lowest BCUT2D eigenvalue weighted by atomic mass is 9.63. The summed E-state index contributed by atoms with van der Waals surface area (Å²) < 4.78 is 0. The average Bonchev–Trinajstić information content (AvgIpc) is 2.41. The van der Waals surface area contributed by atoms with Crippen molar-refractivity contribution >= 4 is 11.6 Å². The van der Waals surface area contributed by atoms with E-state index < -0.39 is 0 Å². The Hall–Kier alpha value is -1.00. The van der Waals surface area contributed by atoms with Gasteiger partial charge in [-0.15, -0.1) is 0 Å². The van der Waals surface area contributed by atoms with Crippen molar-refractivity contribution in [2.45, 2.75) is 52.9 Å². The SMILES string of the molecule is CC(C)(C)C1CCC(C#N)(Cc2ccccc2Cl)CC1. The van der Waals surface area contributed by atoms with Crippen LogP contribution in [-0.2, 0) is 6.42 Å². The van der Waals surface area contributed by atoms with Crippen molar-refractivity contribution in [2.24, 2.45) is 16.7 Å². The zero-order valence-corrected chi connectivity index (χ0v) is 13.5. The first-order chi connectivity index (χ1) is 9.36. The molecule has 2 heteroatoms. The van der Waals surface area contributed by atoms with Crippen molar-refractivity contribution < 1.29 is 0 Å². The summed E-state index contributed by atoms with van der Waals surface area (Å²) in [7, 11) is 0. The maximum Gasteiger partial charge on any atom is 0.0693 e. The van der Waals surface area contributed by atoms with Crippen LogP contribution in [0.2, 0.25) is 5.02 Å². The molecule has 1 saturated carbocycles. The molecule has 1 nitrogen and oxygen atoms in total. The van der Waals surface area contributed by atoms with Gasteiger partial charge in [0.15, 0.2) is 0 Å². The van der Waals surface area contributed by atoms with E-state index in [0.717, 1.165) is 48.6 Å². The third-order valence-electron chi connectivity index (χ3n) is 4.89. The van der Waals surface area contributed by atoms with Crippen LogP contribution in [0.3, 0.4) is 0 Å². The van der Waals surface area contributed by atoms with Gasteiger partial charge >= 0.3 is 0 Å². The molecular formula is C18H24ClN. The lowest BCUT2D eigenvalue weighted by molar-refractivity contribution is 0.120. The largest absolute Gasteiger partial charge is 0.198 e. The number of benzene rings is 1. The summed E-state index contributed by atoms with van der Waals surface area (Å²) >= 11 is 6.25. The Labute approximate surface area is 128 Å². The van der Waals surface area contributed by atoms with Crippen LogP contribution in [0.1, 0.15) is 52.0 Å². The summed E-state index contributed by atoms with van der Waals surface area (Å²) in [5, 5.41) is 10.5. The minimum atomic E-state index is -0.216. The van der Waals surface area contributed by atoms with E-state index in [-0.39, 0.29) is 5.41 Å². The quantitative estimate of drug-likeness (QED) is 0.692. The molecule has 0 radical (unpaired) electrons. The molecule has 2 rings (SSSR count). The normalized spacial score (nSPS) is 27.1. The molecule has 0 heterocycles. The third kappa shape index (κ3) is 3.36. The lowest BCUT2D eigenvalue weighted by Crippen LogP contribution is -2.33. The van der Waals surface area contributed by atoms with E-state index in [4.69, 9.17) is 11.6 Å². The van der Waals surface area contributed by atoms with Gasteiger partial charge in [-0.05, 0) is 55.1 Å². The summed E-state index contributed by atoms with van der Waals surface area (Å²) in [5.74, 6) is 0.732. The molecule has 0 saturated heterocycles. The Morgan fingerprint density at radius 3 is 2.35 bits per heavy atom. The first-order valence-electron chi connectivity index (χ1n) is 7.51. The zero-order valence-electron chi connectivity index (χ0n) is 12.7. The third-order valence-corrected chi connectivity index (χ3v) is 5.26. The van der Waals surface area contributed by atoms with Crippen molar-refractivity contribution in [3.63, 3.8) is 0 Å². The summed E-state index contributed by atoms with van der Waals surface area (Å²) in [6.07, 6.45) is 5.09. The molecule has 20 heavy (non-hydrogen) atoms. The highest BCUT2D eigenvalue weighted by Crippen LogP contribution is 2.47. The monoisotopic (exact) mass is 289 g/mol. The predicted molar refractivity (Wildman–Crippen MR) is 84.6 cm³/mol. The Balaban J connectivity index is 2.10. The van der Waals surface area contributed by atoms with Crippen LogP contribution in [0.25, 0.3) is 0 Å². The van der Waals surface area contributed by atoms with Crippen LogP contribution >= 0.6 is 11.6 Å². The fourth-order valence-electron chi connectivity index (χ4n) is 3.37. The van der Waals surface area contributed by atoms with Crippen LogP contribution < -0.4 is 0 Å². The van der Waals surface area contributed by atoms with Crippen molar-refractivity contribution in [3.8, 4) is 6.07 Å². The van der Waals surface area contributed by atoms with Crippen molar-refractivity contribution in [3.05, 3.63) is 34.9 Å². The lowest BCUT2D eigenvalue weighted by Gasteiger charge is -2.40. The van der Waals surface area contributed by atoms with E-state index in [1.54, 1.807) is 0 Å². The van der Waals surface area contributed by atoms with Crippen LogP contribution in [0.15, 0.2) is 24.3 Å². The first kappa shape index (κ1) is 15.4. The summed E-state index contributed by atoms with van der Waals surface area (Å²) in [4.78, 5) is 0. The molecule has 0 spiro atoms. The van der Waals surface area contributed by atoms with Crippen molar-refractivity contribution in [1.82, 2.24) is 0 Å². The van der Waals surface area contributed by atoms with Crippen LogP contribution in [0.4, 0.5) is 0 Å². The first-order valence-corrected chi connectivity index (χ1v) is 7.89. The maximum atomic E-state index is 9.69. The zero-order chi connectivity index (χ0) is 14.8. The fraction of sp³-hybridized carbons (Fsp3) is 0.611. The number of rotatable bonds is 2. The van der Waals surface area contributed by atoms with Gasteiger partial charge in [-0.1, -0.05) is 50.6 Å². The Morgan fingerprint density at radius 1 is 1.25 bits per heavy atom. The minimum Gasteiger partial charge on any atom is -0.198 e. The van der Waals surface area contributed by atoms with E-state index in [9.17, 15) is 5.26 Å². The highest BCUT2D eigenvalue weighted by atomic mass is 35.5. The van der Waals surface area contributed by atoms with Crippen LogP contribution in [0, 0.1) is 28.1 Å². The van der Waals surface area contributed by atoms with Gasteiger partial charge in [0, 0.05) is 5.02 Å². The molecule has 0 bridgehead atoms. The average molecular weight is 290 g/mol. The maximum absolute atomic E-state index is 9.69. The van der Waals surface area contributed by atoms with E-state index in [0.29, 0.717) is 5.41 Å². The summed E-state index contributed by atoms with van der Waals surface area (Å²) in [6.45, 7) is 6.93. The smallest absolute Gasteiger partial charge is 0.0693 e. The van der Waals surface area contributed by atoms with Gasteiger partial charge in [-0.25, -0.2) is 0 Å². The van der Waals surface area contributed by atoms with E-state index in [1.807, 2.05) is 18.2 Å². The van der Waals surface area contributed by atoms with E-state index >= 15 is 0 Å². The molecule has 0 N–H and O–H groups in total. The molecular weight excluding hydrogens is 266 g/mol. The van der Waals surface area contributed by atoms with Gasteiger partial charge in [0.1, 0.15) is 0 Å². The Kier molecular flexibility index (Phi) is 4.45. The van der Waals surface area contributed by atoms with Crippen LogP contribution in [0.5, 0.6) is 0 Å². The Bertz CT molecular complexity index is 499. The van der Waals surface area contributed by atoms with Crippen LogP contribution in [-0.4, -0.2) is 0 Å². The minimum absolute atomic E-state index is 0.216. The summed E-state index contributed by atoms with van der Waals surface area (Å²) in [6, 6.07) is 10.5. The number of hydrogen-bond donors (Lipinski definition) is 0. The molecule has 1 aromatic carbocycles. The molecule has 1 fully saturated rings. The van der Waals surface area contributed by atoms with Gasteiger partial charge in [0.2, 0.25) is 0 Å². The molecule has 0 amide bonds. The number of nitrogens with zero attached hydrogens (tertiary/aromatic N) is 1. The van der Waals surface area contributed by atoms with Gasteiger partial charge in [0.25, 0.3) is 0 Å². The van der Waals surface area contributed by atoms with E-state index in [2.05, 4.69) is 32.9 Å². The second-order valence-electron chi connectivity index (χ2n) is 7.30. The molecule has 1 aromatic rings. The second kappa shape index (κ2) is 5.78. The summed E-state index contributed by atoms with van der Waals surface area (Å²) in [5.41, 5.74) is 1.25. The number of nitriles is 1. The topological polar surface area (TPSA) is 23.8 Å². The van der Waals surface area contributed by atoms with Crippen molar-refractivity contribution in [2.75, 3.05) is 0 Å². The highest BCUT2D eigenvalue weighted by Gasteiger charge is 2.39. The highest BCUT2D eigenvalue weighted by molar-refractivity contribution is 6.31. The van der Waals surface area contributed by atoms with Crippen molar-refractivity contribution in [1.29, 1.82) is 5.26 Å². The fourth-order valence-corrected chi connectivity index (χ4v) is 3.57. The Morgan fingerprint density at radius 2 is 1.85 bits per heavy atom. The molecule has 0 unspecified atom stereocenters. The molecule has 0 aromatic heterocycles.